The van der Waals surface area contributed by atoms with Crippen LogP contribution in [0.15, 0.2) is 18.7 Å². The normalized spacial score (nSPS) is 17.4. The number of nitrogens with one attached hydrogen (secondary N) is 1. The van der Waals surface area contributed by atoms with Gasteiger partial charge < -0.3 is 14.8 Å². The highest BCUT2D eigenvalue weighted by Crippen LogP contribution is 2.06. The predicted octanol–water partition coefficient (Wildman–Crippen LogP) is 0.484. The van der Waals surface area contributed by atoms with Crippen LogP contribution in [-0.4, -0.2) is 46.0 Å². The Hall–Kier alpha value is -1.36. The summed E-state index contributed by atoms with van der Waals surface area (Å²) in [5.41, 5.74) is 0. The van der Waals surface area contributed by atoms with Gasteiger partial charge in [0.2, 0.25) is 5.91 Å². The minimum absolute atomic E-state index is 0.222. The van der Waals surface area contributed by atoms with E-state index in [0.717, 1.165) is 32.5 Å². The number of carbonyl (C=O) groups is 1. The third kappa shape index (κ3) is 3.56. The molecule has 1 N–H and O–H groups in total. The summed E-state index contributed by atoms with van der Waals surface area (Å²) in [6.45, 7) is 5.22. The first kappa shape index (κ1) is 12.1. The maximum Gasteiger partial charge on any atom is 0.236 e. The molecule has 5 nitrogen and oxygen atoms in total. The van der Waals surface area contributed by atoms with Crippen molar-refractivity contribution in [2.24, 2.45) is 0 Å². The standard InChI is InChI=1S/C12H20N4O/c1-11(9-15-7-4-13-10-15)14-8-12(17)16-5-2-3-6-16/h4,7,10-11,14H,2-3,5-6,8-9H2,1H3. The third-order valence-electron chi connectivity index (χ3n) is 3.10. The summed E-state index contributed by atoms with van der Waals surface area (Å²) in [5, 5.41) is 3.26. The van der Waals surface area contributed by atoms with Crippen molar-refractivity contribution in [2.75, 3.05) is 19.6 Å². The lowest BCUT2D eigenvalue weighted by atomic mass is 10.3. The molecule has 0 spiro atoms. The van der Waals surface area contributed by atoms with Crippen LogP contribution in [0.2, 0.25) is 0 Å². The van der Waals surface area contributed by atoms with Gasteiger partial charge in [-0.3, -0.25) is 4.79 Å². The van der Waals surface area contributed by atoms with E-state index in [-0.39, 0.29) is 11.9 Å². The number of imidazole rings is 1. The van der Waals surface area contributed by atoms with E-state index in [1.54, 1.807) is 12.5 Å². The van der Waals surface area contributed by atoms with Crippen LogP contribution >= 0.6 is 0 Å². The third-order valence-corrected chi connectivity index (χ3v) is 3.10. The van der Waals surface area contributed by atoms with Crippen LogP contribution in [0.1, 0.15) is 19.8 Å². The maximum absolute atomic E-state index is 11.8. The lowest BCUT2D eigenvalue weighted by molar-refractivity contribution is -0.129. The second-order valence-electron chi connectivity index (χ2n) is 4.63. The molecule has 0 radical (unpaired) electrons. The quantitative estimate of drug-likeness (QED) is 0.809. The van der Waals surface area contributed by atoms with Gasteiger partial charge in [0.05, 0.1) is 12.9 Å². The van der Waals surface area contributed by atoms with E-state index in [9.17, 15) is 4.79 Å². The van der Waals surface area contributed by atoms with Crippen LogP contribution in [0.25, 0.3) is 0 Å². The summed E-state index contributed by atoms with van der Waals surface area (Å²) in [5.74, 6) is 0.222. The zero-order chi connectivity index (χ0) is 12.1. The lowest BCUT2D eigenvalue weighted by Gasteiger charge is -2.18. The van der Waals surface area contributed by atoms with Gasteiger partial charge in [0.25, 0.3) is 0 Å². The lowest BCUT2D eigenvalue weighted by Crippen LogP contribution is -2.40. The van der Waals surface area contributed by atoms with Crippen molar-refractivity contribution in [1.82, 2.24) is 19.8 Å². The first-order valence-corrected chi connectivity index (χ1v) is 6.22. The second kappa shape index (κ2) is 5.82. The Morgan fingerprint density at radius 2 is 2.24 bits per heavy atom. The molecule has 1 unspecified atom stereocenters. The monoisotopic (exact) mass is 236 g/mol. The first-order valence-electron chi connectivity index (χ1n) is 6.22. The SMILES string of the molecule is CC(Cn1ccnc1)NCC(=O)N1CCCC1. The molecule has 94 valence electrons. The fourth-order valence-electron chi connectivity index (χ4n) is 2.12. The molecule has 0 aromatic carbocycles. The van der Waals surface area contributed by atoms with Gasteiger partial charge in [-0.15, -0.1) is 0 Å². The maximum atomic E-state index is 11.8. The number of hydrogen-bond acceptors (Lipinski definition) is 3. The minimum Gasteiger partial charge on any atom is -0.342 e. The summed E-state index contributed by atoms with van der Waals surface area (Å²) in [6.07, 6.45) is 7.79. The summed E-state index contributed by atoms with van der Waals surface area (Å²) >= 11 is 0. The van der Waals surface area contributed by atoms with Crippen LogP contribution < -0.4 is 5.32 Å². The molecule has 0 bridgehead atoms. The number of aromatic nitrogens is 2. The number of likely N-dealkylation sites (tertiary alicyclic amines) is 1. The molecule has 1 saturated heterocycles. The van der Waals surface area contributed by atoms with E-state index in [1.807, 2.05) is 15.7 Å². The molecule has 17 heavy (non-hydrogen) atoms. The van der Waals surface area contributed by atoms with Crippen LogP contribution in [0, 0.1) is 0 Å². The Bertz CT molecular complexity index is 343. The molecule has 1 amide bonds. The number of amides is 1. The van der Waals surface area contributed by atoms with Crippen molar-refractivity contribution >= 4 is 5.91 Å². The fourth-order valence-corrected chi connectivity index (χ4v) is 2.12. The van der Waals surface area contributed by atoms with Crippen LogP contribution in [0.5, 0.6) is 0 Å². The topological polar surface area (TPSA) is 50.2 Å². The highest BCUT2D eigenvalue weighted by atomic mass is 16.2. The molecule has 1 fully saturated rings. The molecule has 2 heterocycles. The molecule has 1 aromatic heterocycles. The van der Waals surface area contributed by atoms with Gasteiger partial charge in [-0.05, 0) is 19.8 Å². The second-order valence-corrected chi connectivity index (χ2v) is 4.63. The van der Waals surface area contributed by atoms with Crippen molar-refractivity contribution in [2.45, 2.75) is 32.4 Å². The van der Waals surface area contributed by atoms with Crippen LogP contribution in [-0.2, 0) is 11.3 Å². The fraction of sp³-hybridized carbons (Fsp3) is 0.667. The molecule has 0 aliphatic carbocycles. The van der Waals surface area contributed by atoms with Gasteiger partial charge >= 0.3 is 0 Å². The molecule has 5 heteroatoms. The van der Waals surface area contributed by atoms with Gasteiger partial charge in [-0.2, -0.15) is 0 Å². The van der Waals surface area contributed by atoms with Crippen LogP contribution in [0.4, 0.5) is 0 Å². The summed E-state index contributed by atoms with van der Waals surface area (Å²) in [4.78, 5) is 17.7. The Balaban J connectivity index is 1.68. The number of hydrogen-bond donors (Lipinski definition) is 1. The number of nitrogens with zero attached hydrogens (tertiary/aromatic N) is 3. The molecule has 0 saturated carbocycles. The summed E-state index contributed by atoms with van der Waals surface area (Å²) in [6, 6.07) is 0.274. The highest BCUT2D eigenvalue weighted by Gasteiger charge is 2.17. The van der Waals surface area contributed by atoms with E-state index in [4.69, 9.17) is 0 Å². The molecule has 1 aliphatic rings. The van der Waals surface area contributed by atoms with E-state index in [1.165, 1.54) is 0 Å². The minimum atomic E-state index is 0.222. The van der Waals surface area contributed by atoms with Gasteiger partial charge in [-0.25, -0.2) is 4.98 Å². The molecular formula is C12H20N4O. The zero-order valence-electron chi connectivity index (χ0n) is 10.3. The Labute approximate surface area is 102 Å². The van der Waals surface area contributed by atoms with E-state index in [0.29, 0.717) is 6.54 Å². The van der Waals surface area contributed by atoms with Gasteiger partial charge in [0, 0.05) is 38.1 Å². The number of carbonyl (C=O) groups excluding carboxylic acids is 1. The van der Waals surface area contributed by atoms with E-state index in [2.05, 4.69) is 17.2 Å². The Morgan fingerprint density at radius 1 is 1.47 bits per heavy atom. The summed E-state index contributed by atoms with van der Waals surface area (Å²) < 4.78 is 2.01. The molecular weight excluding hydrogens is 216 g/mol. The smallest absolute Gasteiger partial charge is 0.236 e. The van der Waals surface area contributed by atoms with Crippen molar-refractivity contribution in [3.8, 4) is 0 Å². The largest absolute Gasteiger partial charge is 0.342 e. The van der Waals surface area contributed by atoms with Crippen molar-refractivity contribution < 1.29 is 4.79 Å². The number of rotatable bonds is 5. The van der Waals surface area contributed by atoms with Gasteiger partial charge in [-0.1, -0.05) is 0 Å². The predicted molar refractivity (Wildman–Crippen MR) is 65.5 cm³/mol. The highest BCUT2D eigenvalue weighted by molar-refractivity contribution is 5.78. The van der Waals surface area contributed by atoms with Crippen molar-refractivity contribution in [1.29, 1.82) is 0 Å². The van der Waals surface area contributed by atoms with Gasteiger partial charge in [0.1, 0.15) is 0 Å². The molecule has 1 aliphatic heterocycles. The Kier molecular flexibility index (Phi) is 4.14. The van der Waals surface area contributed by atoms with E-state index >= 15 is 0 Å². The molecule has 1 aromatic rings. The Morgan fingerprint density at radius 3 is 2.88 bits per heavy atom. The van der Waals surface area contributed by atoms with E-state index < -0.39 is 0 Å². The zero-order valence-corrected chi connectivity index (χ0v) is 10.3. The van der Waals surface area contributed by atoms with Crippen molar-refractivity contribution in [3.63, 3.8) is 0 Å². The first-order chi connectivity index (χ1) is 8.25. The average molecular weight is 236 g/mol. The van der Waals surface area contributed by atoms with Gasteiger partial charge in [0.15, 0.2) is 0 Å². The van der Waals surface area contributed by atoms with Crippen molar-refractivity contribution in [3.05, 3.63) is 18.7 Å². The van der Waals surface area contributed by atoms with Crippen LogP contribution in [0.3, 0.4) is 0 Å². The molecule has 2 rings (SSSR count). The average Bonchev–Trinajstić information content (AvgIpc) is 2.97. The molecule has 1 atom stereocenters. The summed E-state index contributed by atoms with van der Waals surface area (Å²) in [7, 11) is 0.